The molecule has 0 saturated carbocycles. The van der Waals surface area contributed by atoms with Crippen LogP contribution in [0.3, 0.4) is 0 Å². The lowest BCUT2D eigenvalue weighted by molar-refractivity contribution is 0.134. The van der Waals surface area contributed by atoms with Gasteiger partial charge in [-0.1, -0.05) is 12.1 Å². The summed E-state index contributed by atoms with van der Waals surface area (Å²) in [5, 5.41) is 9.61. The van der Waals surface area contributed by atoms with Crippen molar-refractivity contribution >= 4 is 0 Å². The molecule has 0 aromatic heterocycles. The van der Waals surface area contributed by atoms with Crippen LogP contribution < -0.4 is 5.73 Å². The van der Waals surface area contributed by atoms with E-state index in [4.69, 9.17) is 10.5 Å². The van der Waals surface area contributed by atoms with Crippen LogP contribution >= 0.6 is 0 Å². The smallest absolute Gasteiger partial charge is 0.119 e. The average Bonchev–Trinajstić information content (AvgIpc) is 2.19. The SMILES string of the molecule is CCOCc1ccc(CCN)c(O)c1. The molecule has 0 unspecified atom stereocenters. The normalized spacial score (nSPS) is 10.4. The van der Waals surface area contributed by atoms with Crippen molar-refractivity contribution in [2.24, 2.45) is 5.73 Å². The van der Waals surface area contributed by atoms with E-state index in [9.17, 15) is 5.11 Å². The minimum Gasteiger partial charge on any atom is -0.508 e. The maximum atomic E-state index is 9.61. The fourth-order valence-corrected chi connectivity index (χ4v) is 1.29. The number of benzene rings is 1. The Morgan fingerprint density at radius 1 is 1.43 bits per heavy atom. The third kappa shape index (κ3) is 3.01. The van der Waals surface area contributed by atoms with E-state index in [1.54, 1.807) is 6.07 Å². The van der Waals surface area contributed by atoms with Crippen LogP contribution in [-0.4, -0.2) is 18.3 Å². The third-order valence-electron chi connectivity index (χ3n) is 2.04. The Morgan fingerprint density at radius 3 is 2.79 bits per heavy atom. The lowest BCUT2D eigenvalue weighted by Crippen LogP contribution is -2.03. The first-order valence-electron chi connectivity index (χ1n) is 4.86. The Morgan fingerprint density at radius 2 is 2.21 bits per heavy atom. The molecule has 78 valence electrons. The summed E-state index contributed by atoms with van der Waals surface area (Å²) in [6.07, 6.45) is 0.709. The van der Waals surface area contributed by atoms with Gasteiger partial charge in [0.2, 0.25) is 0 Å². The molecule has 0 aliphatic rings. The van der Waals surface area contributed by atoms with Crippen LogP contribution in [0.4, 0.5) is 0 Å². The number of aromatic hydroxyl groups is 1. The average molecular weight is 195 g/mol. The predicted molar refractivity (Wildman–Crippen MR) is 56.2 cm³/mol. The zero-order valence-corrected chi connectivity index (χ0v) is 8.49. The zero-order valence-electron chi connectivity index (χ0n) is 8.49. The molecule has 0 amide bonds. The molecule has 0 aliphatic carbocycles. The van der Waals surface area contributed by atoms with Crippen molar-refractivity contribution in [2.75, 3.05) is 13.2 Å². The first-order chi connectivity index (χ1) is 6.77. The Hall–Kier alpha value is -1.06. The van der Waals surface area contributed by atoms with Crippen molar-refractivity contribution < 1.29 is 9.84 Å². The van der Waals surface area contributed by atoms with Gasteiger partial charge in [-0.25, -0.2) is 0 Å². The number of phenols is 1. The zero-order chi connectivity index (χ0) is 10.4. The highest BCUT2D eigenvalue weighted by Gasteiger charge is 2.01. The Bertz CT molecular complexity index is 287. The molecular weight excluding hydrogens is 178 g/mol. The fraction of sp³-hybridized carbons (Fsp3) is 0.455. The van der Waals surface area contributed by atoms with Crippen molar-refractivity contribution in [2.45, 2.75) is 20.0 Å². The fourth-order valence-electron chi connectivity index (χ4n) is 1.29. The second-order valence-corrected chi connectivity index (χ2v) is 3.14. The number of hydrogen-bond acceptors (Lipinski definition) is 3. The number of rotatable bonds is 5. The molecule has 0 heterocycles. The third-order valence-corrected chi connectivity index (χ3v) is 2.04. The molecule has 1 aromatic carbocycles. The van der Waals surface area contributed by atoms with E-state index in [0.717, 1.165) is 11.1 Å². The number of phenolic OH excluding ortho intramolecular Hbond substituents is 1. The van der Waals surface area contributed by atoms with E-state index in [1.165, 1.54) is 0 Å². The summed E-state index contributed by atoms with van der Waals surface area (Å²) >= 11 is 0. The summed E-state index contributed by atoms with van der Waals surface area (Å²) in [5.74, 6) is 0.313. The van der Waals surface area contributed by atoms with Gasteiger partial charge in [0.05, 0.1) is 6.61 Å². The van der Waals surface area contributed by atoms with Crippen molar-refractivity contribution in [3.63, 3.8) is 0 Å². The van der Waals surface area contributed by atoms with Gasteiger partial charge in [-0.15, -0.1) is 0 Å². The minimum atomic E-state index is 0.313. The Kier molecular flexibility index (Phi) is 4.43. The van der Waals surface area contributed by atoms with E-state index in [2.05, 4.69) is 0 Å². The maximum absolute atomic E-state index is 9.61. The maximum Gasteiger partial charge on any atom is 0.119 e. The topological polar surface area (TPSA) is 55.5 Å². The molecule has 0 bridgehead atoms. The van der Waals surface area contributed by atoms with E-state index < -0.39 is 0 Å². The van der Waals surface area contributed by atoms with E-state index in [0.29, 0.717) is 31.9 Å². The van der Waals surface area contributed by atoms with E-state index in [1.807, 2.05) is 19.1 Å². The first kappa shape index (κ1) is 11.0. The monoisotopic (exact) mass is 195 g/mol. The summed E-state index contributed by atoms with van der Waals surface area (Å²) in [5.41, 5.74) is 7.30. The van der Waals surface area contributed by atoms with Crippen molar-refractivity contribution in [3.05, 3.63) is 29.3 Å². The van der Waals surface area contributed by atoms with Gasteiger partial charge in [0.25, 0.3) is 0 Å². The van der Waals surface area contributed by atoms with Gasteiger partial charge in [-0.2, -0.15) is 0 Å². The van der Waals surface area contributed by atoms with Crippen LogP contribution in [0.15, 0.2) is 18.2 Å². The lowest BCUT2D eigenvalue weighted by atomic mass is 10.1. The number of nitrogens with two attached hydrogens (primary N) is 1. The van der Waals surface area contributed by atoms with Crippen LogP contribution in [0.2, 0.25) is 0 Å². The lowest BCUT2D eigenvalue weighted by Gasteiger charge is -2.06. The van der Waals surface area contributed by atoms with Gasteiger partial charge >= 0.3 is 0 Å². The summed E-state index contributed by atoms with van der Waals surface area (Å²) in [4.78, 5) is 0. The summed E-state index contributed by atoms with van der Waals surface area (Å²) < 4.78 is 5.24. The first-order valence-corrected chi connectivity index (χ1v) is 4.86. The second kappa shape index (κ2) is 5.62. The highest BCUT2D eigenvalue weighted by atomic mass is 16.5. The van der Waals surface area contributed by atoms with Crippen molar-refractivity contribution in [3.8, 4) is 5.75 Å². The van der Waals surface area contributed by atoms with Crippen LogP contribution in [0.1, 0.15) is 18.1 Å². The van der Waals surface area contributed by atoms with Crippen LogP contribution in [0.5, 0.6) is 5.75 Å². The van der Waals surface area contributed by atoms with Gasteiger partial charge in [-0.05, 0) is 37.1 Å². The number of ether oxygens (including phenoxy) is 1. The Balaban J connectivity index is 2.68. The molecule has 0 radical (unpaired) electrons. The van der Waals surface area contributed by atoms with Gasteiger partial charge in [0.15, 0.2) is 0 Å². The molecule has 1 aromatic rings. The van der Waals surface area contributed by atoms with Crippen molar-refractivity contribution in [1.29, 1.82) is 0 Å². The Labute approximate surface area is 84.5 Å². The molecule has 1 rings (SSSR count). The van der Waals surface area contributed by atoms with Crippen LogP contribution in [0.25, 0.3) is 0 Å². The quantitative estimate of drug-likeness (QED) is 0.747. The standard InChI is InChI=1S/C11H17NO2/c1-2-14-8-9-3-4-10(5-6-12)11(13)7-9/h3-4,7,13H,2,5-6,8,12H2,1H3. The van der Waals surface area contributed by atoms with Gasteiger partial charge in [0.1, 0.15) is 5.75 Å². The molecule has 3 nitrogen and oxygen atoms in total. The molecule has 0 spiro atoms. The summed E-state index contributed by atoms with van der Waals surface area (Å²) in [6.45, 7) is 3.74. The molecule has 14 heavy (non-hydrogen) atoms. The molecular formula is C11H17NO2. The number of hydrogen-bond donors (Lipinski definition) is 2. The van der Waals surface area contributed by atoms with Crippen LogP contribution in [-0.2, 0) is 17.8 Å². The van der Waals surface area contributed by atoms with E-state index in [-0.39, 0.29) is 0 Å². The molecule has 0 aliphatic heterocycles. The van der Waals surface area contributed by atoms with Crippen LogP contribution in [0, 0.1) is 0 Å². The van der Waals surface area contributed by atoms with Crippen molar-refractivity contribution in [1.82, 2.24) is 0 Å². The summed E-state index contributed by atoms with van der Waals surface area (Å²) in [7, 11) is 0. The van der Waals surface area contributed by atoms with E-state index >= 15 is 0 Å². The largest absolute Gasteiger partial charge is 0.508 e. The molecule has 0 atom stereocenters. The van der Waals surface area contributed by atoms with Gasteiger partial charge in [-0.3, -0.25) is 0 Å². The van der Waals surface area contributed by atoms with Gasteiger partial charge < -0.3 is 15.6 Å². The highest BCUT2D eigenvalue weighted by Crippen LogP contribution is 2.19. The minimum absolute atomic E-state index is 0.313. The highest BCUT2D eigenvalue weighted by molar-refractivity contribution is 5.36. The predicted octanol–water partition coefficient (Wildman–Crippen LogP) is 1.43. The molecule has 0 fully saturated rings. The second-order valence-electron chi connectivity index (χ2n) is 3.14. The molecule has 3 N–H and O–H groups in total. The molecule has 3 heteroatoms. The summed E-state index contributed by atoms with van der Waals surface area (Å²) in [6, 6.07) is 5.59. The molecule has 0 saturated heterocycles. The van der Waals surface area contributed by atoms with Gasteiger partial charge in [0, 0.05) is 6.61 Å².